The molecule has 0 aliphatic carbocycles. The molecule has 4 rings (SSSR count). The first-order chi connectivity index (χ1) is 13.1. The van der Waals surface area contributed by atoms with Crippen LogP contribution in [0.25, 0.3) is 16.2 Å². The summed E-state index contributed by atoms with van der Waals surface area (Å²) in [4.78, 5) is 21.6. The Kier molecular flexibility index (Phi) is 4.55. The predicted molar refractivity (Wildman–Crippen MR) is 109 cm³/mol. The van der Waals surface area contributed by atoms with Gasteiger partial charge in [0.1, 0.15) is 10.8 Å². The maximum absolute atomic E-state index is 11.6. The fraction of sp³-hybridized carbons (Fsp3) is 0.105. The third-order valence-corrected chi connectivity index (χ3v) is 5.35. The Labute approximate surface area is 164 Å². The van der Waals surface area contributed by atoms with Crippen LogP contribution in [0, 0.1) is 6.92 Å². The van der Waals surface area contributed by atoms with E-state index in [1.54, 1.807) is 19.2 Å². The van der Waals surface area contributed by atoms with Crippen molar-refractivity contribution in [3.05, 3.63) is 65.1 Å². The minimum Gasteiger partial charge on any atom is -0.355 e. The highest BCUT2D eigenvalue weighted by atomic mass is 35.5. The number of rotatable bonds is 4. The van der Waals surface area contributed by atoms with E-state index < -0.39 is 0 Å². The molecule has 0 unspecified atom stereocenters. The van der Waals surface area contributed by atoms with E-state index in [2.05, 4.69) is 20.6 Å². The number of fused-ring (bicyclic) bond motifs is 1. The van der Waals surface area contributed by atoms with E-state index in [4.69, 9.17) is 11.6 Å². The predicted octanol–water partition coefficient (Wildman–Crippen LogP) is 4.52. The van der Waals surface area contributed by atoms with Crippen LogP contribution in [0.2, 0.25) is 5.15 Å². The van der Waals surface area contributed by atoms with Crippen molar-refractivity contribution in [1.29, 1.82) is 0 Å². The quantitative estimate of drug-likeness (QED) is 0.496. The highest BCUT2D eigenvalue weighted by Gasteiger charge is 2.16. The van der Waals surface area contributed by atoms with Gasteiger partial charge in [0.15, 0.2) is 5.13 Å². The van der Waals surface area contributed by atoms with E-state index >= 15 is 0 Å². The summed E-state index contributed by atoms with van der Waals surface area (Å²) in [6.45, 7) is 1.96. The van der Waals surface area contributed by atoms with Gasteiger partial charge in [0.2, 0.25) is 0 Å². The Morgan fingerprint density at radius 1 is 1.19 bits per heavy atom. The van der Waals surface area contributed by atoms with Crippen LogP contribution in [0.1, 0.15) is 16.1 Å². The number of thiazole rings is 1. The standard InChI is InChI=1S/C19H16ClN5OS/c1-11-17(25-15(20)4-3-5-16(25)23-11)14-10-22-19(27-14)24-13-8-6-12(7-9-13)18(26)21-2/h3-10H,1-2H3,(H,21,26)(H,22,24). The monoisotopic (exact) mass is 397 g/mol. The molecule has 136 valence electrons. The van der Waals surface area contributed by atoms with E-state index in [9.17, 15) is 4.79 Å². The van der Waals surface area contributed by atoms with Crippen LogP contribution in [-0.4, -0.2) is 27.3 Å². The molecule has 2 N–H and O–H groups in total. The number of aryl methyl sites for hydroxylation is 1. The number of imidazole rings is 1. The number of pyridine rings is 1. The second-order valence-electron chi connectivity index (χ2n) is 5.90. The first kappa shape index (κ1) is 17.5. The normalized spacial score (nSPS) is 10.9. The SMILES string of the molecule is CNC(=O)c1ccc(Nc2ncc(-c3c(C)nc4cccc(Cl)n34)s2)cc1. The summed E-state index contributed by atoms with van der Waals surface area (Å²) in [5.41, 5.74) is 4.11. The molecule has 0 aliphatic rings. The molecule has 3 aromatic heterocycles. The molecule has 0 aliphatic heterocycles. The molecule has 6 nitrogen and oxygen atoms in total. The smallest absolute Gasteiger partial charge is 0.251 e. The van der Waals surface area contributed by atoms with Crippen LogP contribution < -0.4 is 10.6 Å². The number of nitrogens with zero attached hydrogens (tertiary/aromatic N) is 3. The number of carbonyl (C=O) groups excluding carboxylic acids is 1. The van der Waals surface area contributed by atoms with E-state index in [0.29, 0.717) is 10.7 Å². The first-order valence-electron chi connectivity index (χ1n) is 8.26. The zero-order valence-electron chi connectivity index (χ0n) is 14.7. The Bertz CT molecular complexity index is 1130. The van der Waals surface area contributed by atoms with E-state index in [0.717, 1.165) is 32.7 Å². The Morgan fingerprint density at radius 3 is 2.70 bits per heavy atom. The van der Waals surface area contributed by atoms with Gasteiger partial charge in [-0.25, -0.2) is 9.97 Å². The fourth-order valence-electron chi connectivity index (χ4n) is 2.87. The van der Waals surface area contributed by atoms with Gasteiger partial charge in [-0.3, -0.25) is 9.20 Å². The van der Waals surface area contributed by atoms with Crippen LogP contribution in [-0.2, 0) is 0 Å². The lowest BCUT2D eigenvalue weighted by molar-refractivity contribution is 0.0963. The molecule has 0 radical (unpaired) electrons. The van der Waals surface area contributed by atoms with Gasteiger partial charge in [-0.2, -0.15) is 0 Å². The molecular formula is C19H16ClN5OS. The van der Waals surface area contributed by atoms with Crippen molar-refractivity contribution < 1.29 is 4.79 Å². The van der Waals surface area contributed by atoms with Gasteiger partial charge >= 0.3 is 0 Å². The van der Waals surface area contributed by atoms with Crippen molar-refractivity contribution >= 4 is 45.3 Å². The Morgan fingerprint density at radius 2 is 1.96 bits per heavy atom. The topological polar surface area (TPSA) is 71.3 Å². The molecule has 27 heavy (non-hydrogen) atoms. The summed E-state index contributed by atoms with van der Waals surface area (Å²) >= 11 is 7.89. The Hall–Kier alpha value is -2.90. The largest absolute Gasteiger partial charge is 0.355 e. The molecule has 0 fully saturated rings. The maximum atomic E-state index is 11.6. The van der Waals surface area contributed by atoms with Crippen molar-refractivity contribution in [3.63, 3.8) is 0 Å². The molecule has 3 heterocycles. The molecular weight excluding hydrogens is 382 g/mol. The van der Waals surface area contributed by atoms with Crippen molar-refractivity contribution in [3.8, 4) is 10.6 Å². The van der Waals surface area contributed by atoms with Gasteiger partial charge in [-0.05, 0) is 43.3 Å². The number of hydrogen-bond acceptors (Lipinski definition) is 5. The zero-order valence-corrected chi connectivity index (χ0v) is 16.2. The van der Waals surface area contributed by atoms with Gasteiger partial charge < -0.3 is 10.6 Å². The average Bonchev–Trinajstić information content (AvgIpc) is 3.25. The third-order valence-electron chi connectivity index (χ3n) is 4.13. The molecule has 0 saturated carbocycles. The lowest BCUT2D eigenvalue weighted by Crippen LogP contribution is -2.17. The number of benzene rings is 1. The number of halogens is 1. The number of carbonyl (C=O) groups is 1. The molecule has 0 spiro atoms. The Balaban J connectivity index is 1.63. The number of nitrogens with one attached hydrogen (secondary N) is 2. The molecule has 0 saturated heterocycles. The van der Waals surface area contributed by atoms with E-state index in [1.165, 1.54) is 11.3 Å². The molecule has 1 amide bonds. The second kappa shape index (κ2) is 7.02. The number of aromatic nitrogens is 3. The van der Waals surface area contributed by atoms with Crippen LogP contribution in [0.3, 0.4) is 0 Å². The minimum absolute atomic E-state index is 0.113. The number of amides is 1. The van der Waals surface area contributed by atoms with Crippen LogP contribution in [0.4, 0.5) is 10.8 Å². The summed E-state index contributed by atoms with van der Waals surface area (Å²) in [6, 6.07) is 12.9. The summed E-state index contributed by atoms with van der Waals surface area (Å²) in [5, 5.41) is 7.23. The molecule has 0 bridgehead atoms. The fourth-order valence-corrected chi connectivity index (χ4v) is 4.04. The summed E-state index contributed by atoms with van der Waals surface area (Å²) in [5.74, 6) is -0.113. The first-order valence-corrected chi connectivity index (χ1v) is 9.45. The van der Waals surface area contributed by atoms with E-state index in [1.807, 2.05) is 47.9 Å². The molecule has 1 aromatic carbocycles. The summed E-state index contributed by atoms with van der Waals surface area (Å²) < 4.78 is 1.92. The molecule has 4 aromatic rings. The zero-order chi connectivity index (χ0) is 19.0. The lowest BCUT2D eigenvalue weighted by atomic mass is 10.2. The van der Waals surface area contributed by atoms with Crippen molar-refractivity contribution in [1.82, 2.24) is 19.7 Å². The average molecular weight is 398 g/mol. The van der Waals surface area contributed by atoms with Crippen molar-refractivity contribution in [2.75, 3.05) is 12.4 Å². The van der Waals surface area contributed by atoms with Gasteiger partial charge in [-0.15, -0.1) is 0 Å². The second-order valence-corrected chi connectivity index (χ2v) is 7.32. The van der Waals surface area contributed by atoms with Crippen molar-refractivity contribution in [2.45, 2.75) is 6.92 Å². The lowest BCUT2D eigenvalue weighted by Gasteiger charge is -2.04. The molecule has 0 atom stereocenters. The van der Waals surface area contributed by atoms with Crippen LogP contribution >= 0.6 is 22.9 Å². The minimum atomic E-state index is -0.113. The molecule has 8 heteroatoms. The highest BCUT2D eigenvalue weighted by Crippen LogP contribution is 2.34. The van der Waals surface area contributed by atoms with Gasteiger partial charge in [0.05, 0.1) is 16.3 Å². The van der Waals surface area contributed by atoms with Crippen LogP contribution in [0.5, 0.6) is 0 Å². The van der Waals surface area contributed by atoms with E-state index in [-0.39, 0.29) is 5.91 Å². The summed E-state index contributed by atoms with van der Waals surface area (Å²) in [6.07, 6.45) is 1.81. The third kappa shape index (κ3) is 3.27. The number of hydrogen-bond donors (Lipinski definition) is 2. The van der Waals surface area contributed by atoms with Crippen LogP contribution in [0.15, 0.2) is 48.7 Å². The van der Waals surface area contributed by atoms with Gasteiger partial charge in [-0.1, -0.05) is 29.0 Å². The number of anilines is 2. The van der Waals surface area contributed by atoms with Gasteiger partial charge in [0.25, 0.3) is 5.91 Å². The summed E-state index contributed by atoms with van der Waals surface area (Å²) in [7, 11) is 1.61. The van der Waals surface area contributed by atoms with Gasteiger partial charge in [0, 0.05) is 24.5 Å². The maximum Gasteiger partial charge on any atom is 0.251 e. The highest BCUT2D eigenvalue weighted by molar-refractivity contribution is 7.18. The van der Waals surface area contributed by atoms with Crippen molar-refractivity contribution in [2.24, 2.45) is 0 Å².